The summed E-state index contributed by atoms with van der Waals surface area (Å²) in [7, 11) is 2.16. The van der Waals surface area contributed by atoms with E-state index in [1.807, 2.05) is 10.9 Å². The molecule has 0 saturated heterocycles. The third kappa shape index (κ3) is 2.54. The average molecular weight is 209 g/mol. The molecule has 0 bridgehead atoms. The van der Waals surface area contributed by atoms with E-state index in [1.165, 1.54) is 19.3 Å². The van der Waals surface area contributed by atoms with Crippen LogP contribution in [-0.2, 0) is 13.1 Å². The van der Waals surface area contributed by atoms with Crippen molar-refractivity contribution in [1.82, 2.24) is 19.9 Å². The van der Waals surface area contributed by atoms with Crippen LogP contribution in [0.4, 0.5) is 0 Å². The molecule has 1 aromatic rings. The number of rotatable bonds is 5. The van der Waals surface area contributed by atoms with Gasteiger partial charge in [-0.3, -0.25) is 9.58 Å². The van der Waals surface area contributed by atoms with Crippen LogP contribution in [0.2, 0.25) is 0 Å². The molecule has 0 radical (unpaired) electrons. The zero-order chi connectivity index (χ0) is 10.7. The van der Waals surface area contributed by atoms with Crippen LogP contribution in [0.1, 0.15) is 25.0 Å². The Hall–Kier alpha value is -0.940. The summed E-state index contributed by atoms with van der Waals surface area (Å²) in [5.74, 6) is 0. The van der Waals surface area contributed by atoms with Gasteiger partial charge in [-0.05, 0) is 19.9 Å². The van der Waals surface area contributed by atoms with Crippen LogP contribution in [0.5, 0.6) is 0 Å². The number of nitrogens with two attached hydrogens (primary N) is 1. The summed E-state index contributed by atoms with van der Waals surface area (Å²) in [5.41, 5.74) is 6.49. The second-order valence-electron chi connectivity index (χ2n) is 4.26. The standard InChI is InChI=1S/C10H19N5/c1-14(10-3-2-4-10)7-9-8-15(6-5-11)13-12-9/h8,10H,2-7,11H2,1H3. The summed E-state index contributed by atoms with van der Waals surface area (Å²) in [6, 6.07) is 0.754. The Morgan fingerprint density at radius 2 is 2.40 bits per heavy atom. The van der Waals surface area contributed by atoms with Gasteiger partial charge < -0.3 is 5.73 Å². The molecule has 0 unspecified atom stereocenters. The first-order chi connectivity index (χ1) is 7.29. The van der Waals surface area contributed by atoms with Gasteiger partial charge in [0.25, 0.3) is 0 Å². The van der Waals surface area contributed by atoms with E-state index in [-0.39, 0.29) is 0 Å². The van der Waals surface area contributed by atoms with E-state index in [0.29, 0.717) is 6.54 Å². The Morgan fingerprint density at radius 1 is 1.60 bits per heavy atom. The van der Waals surface area contributed by atoms with Gasteiger partial charge >= 0.3 is 0 Å². The predicted octanol–water partition coefficient (Wildman–Crippen LogP) is 0.221. The van der Waals surface area contributed by atoms with Crippen LogP contribution >= 0.6 is 0 Å². The van der Waals surface area contributed by atoms with Gasteiger partial charge in [0.2, 0.25) is 0 Å². The number of hydrogen-bond donors (Lipinski definition) is 1. The quantitative estimate of drug-likeness (QED) is 0.753. The summed E-state index contributed by atoms with van der Waals surface area (Å²) in [5, 5.41) is 8.15. The predicted molar refractivity (Wildman–Crippen MR) is 58.2 cm³/mol. The van der Waals surface area contributed by atoms with Crippen molar-refractivity contribution in [2.45, 2.75) is 38.4 Å². The number of nitrogens with zero attached hydrogens (tertiary/aromatic N) is 4. The van der Waals surface area contributed by atoms with Crippen molar-refractivity contribution in [1.29, 1.82) is 0 Å². The molecule has 0 amide bonds. The normalized spacial score (nSPS) is 17.0. The van der Waals surface area contributed by atoms with E-state index in [1.54, 1.807) is 0 Å². The lowest BCUT2D eigenvalue weighted by molar-refractivity contribution is 0.151. The zero-order valence-electron chi connectivity index (χ0n) is 9.26. The molecule has 2 rings (SSSR count). The van der Waals surface area contributed by atoms with Gasteiger partial charge in [0, 0.05) is 25.3 Å². The van der Waals surface area contributed by atoms with E-state index in [4.69, 9.17) is 5.73 Å². The van der Waals surface area contributed by atoms with E-state index >= 15 is 0 Å². The molecule has 1 heterocycles. The molecule has 1 aliphatic rings. The monoisotopic (exact) mass is 209 g/mol. The lowest BCUT2D eigenvalue weighted by Gasteiger charge is -2.34. The molecule has 2 N–H and O–H groups in total. The summed E-state index contributed by atoms with van der Waals surface area (Å²) >= 11 is 0. The smallest absolute Gasteiger partial charge is 0.0967 e. The molecular formula is C10H19N5. The first-order valence-electron chi connectivity index (χ1n) is 5.59. The average Bonchev–Trinajstić information content (AvgIpc) is 2.49. The van der Waals surface area contributed by atoms with E-state index in [0.717, 1.165) is 24.8 Å². The Bertz CT molecular complexity index is 305. The fraction of sp³-hybridized carbons (Fsp3) is 0.800. The zero-order valence-corrected chi connectivity index (χ0v) is 9.26. The van der Waals surface area contributed by atoms with Gasteiger partial charge in [-0.25, -0.2) is 0 Å². The van der Waals surface area contributed by atoms with Gasteiger partial charge in [-0.2, -0.15) is 0 Å². The molecule has 0 aliphatic heterocycles. The Balaban J connectivity index is 1.86. The Morgan fingerprint density at radius 3 is 3.00 bits per heavy atom. The van der Waals surface area contributed by atoms with Gasteiger partial charge in [0.15, 0.2) is 0 Å². The Labute approximate surface area is 90.2 Å². The molecule has 0 atom stereocenters. The highest BCUT2D eigenvalue weighted by molar-refractivity contribution is 4.93. The van der Waals surface area contributed by atoms with Crippen molar-refractivity contribution in [2.75, 3.05) is 13.6 Å². The fourth-order valence-corrected chi connectivity index (χ4v) is 1.86. The molecule has 5 heteroatoms. The largest absolute Gasteiger partial charge is 0.329 e. The van der Waals surface area contributed by atoms with Gasteiger partial charge in [0.05, 0.1) is 12.2 Å². The first kappa shape index (κ1) is 10.6. The summed E-state index contributed by atoms with van der Waals surface area (Å²) in [6.45, 7) is 2.26. The fourth-order valence-electron chi connectivity index (χ4n) is 1.86. The summed E-state index contributed by atoms with van der Waals surface area (Å²) in [4.78, 5) is 2.36. The van der Waals surface area contributed by atoms with Crippen LogP contribution in [0.3, 0.4) is 0 Å². The van der Waals surface area contributed by atoms with Crippen molar-refractivity contribution >= 4 is 0 Å². The van der Waals surface area contributed by atoms with Crippen LogP contribution in [-0.4, -0.2) is 39.5 Å². The number of aromatic nitrogens is 3. The maximum atomic E-state index is 5.45. The van der Waals surface area contributed by atoms with Crippen LogP contribution in [0, 0.1) is 0 Å². The van der Waals surface area contributed by atoms with Crippen molar-refractivity contribution in [3.8, 4) is 0 Å². The van der Waals surface area contributed by atoms with Crippen molar-refractivity contribution in [3.05, 3.63) is 11.9 Å². The molecule has 1 aromatic heterocycles. The molecule has 15 heavy (non-hydrogen) atoms. The molecule has 1 aliphatic carbocycles. The van der Waals surface area contributed by atoms with Gasteiger partial charge in [-0.15, -0.1) is 5.10 Å². The number of hydrogen-bond acceptors (Lipinski definition) is 4. The molecule has 1 fully saturated rings. The SMILES string of the molecule is CN(Cc1cn(CCN)nn1)C1CCC1. The van der Waals surface area contributed by atoms with Gasteiger partial charge in [-0.1, -0.05) is 11.6 Å². The molecular weight excluding hydrogens is 190 g/mol. The van der Waals surface area contributed by atoms with Crippen LogP contribution in [0.15, 0.2) is 6.20 Å². The maximum absolute atomic E-state index is 5.45. The Kier molecular flexibility index (Phi) is 3.33. The second kappa shape index (κ2) is 4.72. The highest BCUT2D eigenvalue weighted by atomic mass is 15.4. The maximum Gasteiger partial charge on any atom is 0.0967 e. The second-order valence-corrected chi connectivity index (χ2v) is 4.26. The molecule has 1 saturated carbocycles. The summed E-state index contributed by atoms with van der Waals surface area (Å²) < 4.78 is 1.81. The molecule has 0 aromatic carbocycles. The van der Waals surface area contributed by atoms with Crippen LogP contribution < -0.4 is 5.73 Å². The van der Waals surface area contributed by atoms with E-state index in [2.05, 4.69) is 22.3 Å². The van der Waals surface area contributed by atoms with Crippen molar-refractivity contribution < 1.29 is 0 Å². The lowest BCUT2D eigenvalue weighted by atomic mass is 9.92. The molecule has 5 nitrogen and oxygen atoms in total. The first-order valence-corrected chi connectivity index (χ1v) is 5.59. The van der Waals surface area contributed by atoms with Crippen molar-refractivity contribution in [3.63, 3.8) is 0 Å². The van der Waals surface area contributed by atoms with Crippen molar-refractivity contribution in [2.24, 2.45) is 5.73 Å². The topological polar surface area (TPSA) is 60.0 Å². The van der Waals surface area contributed by atoms with E-state index < -0.39 is 0 Å². The third-order valence-electron chi connectivity index (χ3n) is 3.05. The minimum Gasteiger partial charge on any atom is -0.329 e. The molecule has 0 spiro atoms. The highest BCUT2D eigenvalue weighted by Crippen LogP contribution is 2.24. The lowest BCUT2D eigenvalue weighted by Crippen LogP contribution is -2.36. The summed E-state index contributed by atoms with van der Waals surface area (Å²) in [6.07, 6.45) is 6.01. The minimum atomic E-state index is 0.612. The minimum absolute atomic E-state index is 0.612. The third-order valence-corrected chi connectivity index (χ3v) is 3.05. The van der Waals surface area contributed by atoms with E-state index in [9.17, 15) is 0 Å². The molecule has 84 valence electrons. The van der Waals surface area contributed by atoms with Crippen LogP contribution in [0.25, 0.3) is 0 Å². The highest BCUT2D eigenvalue weighted by Gasteiger charge is 2.22. The van der Waals surface area contributed by atoms with Gasteiger partial charge in [0.1, 0.15) is 0 Å².